The van der Waals surface area contributed by atoms with Crippen molar-refractivity contribution < 1.29 is 4.39 Å². The average molecular weight is 252 g/mol. The standard InChI is InChI=1S/C15H25FN2/c1-11(2)18-14(8-9-15(3,4)5)13-7-6-12(16)10-17-13/h6-7,10-11,14,18H,8-9H2,1-5H3. The third-order valence-corrected chi connectivity index (χ3v) is 2.82. The lowest BCUT2D eigenvalue weighted by Gasteiger charge is -2.25. The average Bonchev–Trinajstić information content (AvgIpc) is 2.24. The Hall–Kier alpha value is -0.960. The lowest BCUT2D eigenvalue weighted by atomic mass is 9.88. The summed E-state index contributed by atoms with van der Waals surface area (Å²) in [5, 5.41) is 3.50. The van der Waals surface area contributed by atoms with Crippen LogP contribution < -0.4 is 5.32 Å². The van der Waals surface area contributed by atoms with Gasteiger partial charge in [0.25, 0.3) is 0 Å². The Morgan fingerprint density at radius 1 is 1.28 bits per heavy atom. The van der Waals surface area contributed by atoms with Crippen molar-refractivity contribution in [1.29, 1.82) is 0 Å². The Bertz CT molecular complexity index is 352. The highest BCUT2D eigenvalue weighted by Crippen LogP contribution is 2.27. The Morgan fingerprint density at radius 3 is 2.39 bits per heavy atom. The summed E-state index contributed by atoms with van der Waals surface area (Å²) < 4.78 is 12.9. The number of halogens is 1. The third-order valence-electron chi connectivity index (χ3n) is 2.82. The third kappa shape index (κ3) is 5.58. The fourth-order valence-electron chi connectivity index (χ4n) is 1.89. The monoisotopic (exact) mass is 252 g/mol. The summed E-state index contributed by atoms with van der Waals surface area (Å²) in [6.07, 6.45) is 3.41. The van der Waals surface area contributed by atoms with Crippen molar-refractivity contribution in [3.8, 4) is 0 Å². The van der Waals surface area contributed by atoms with Crippen molar-refractivity contribution in [2.24, 2.45) is 5.41 Å². The van der Waals surface area contributed by atoms with E-state index in [9.17, 15) is 4.39 Å². The van der Waals surface area contributed by atoms with E-state index in [-0.39, 0.29) is 11.9 Å². The Kier molecular flexibility index (Phi) is 5.27. The van der Waals surface area contributed by atoms with Crippen LogP contribution >= 0.6 is 0 Å². The molecule has 1 N–H and O–H groups in total. The number of nitrogens with zero attached hydrogens (tertiary/aromatic N) is 1. The smallest absolute Gasteiger partial charge is 0.141 e. The highest BCUT2D eigenvalue weighted by Gasteiger charge is 2.18. The molecule has 2 nitrogen and oxygen atoms in total. The summed E-state index contributed by atoms with van der Waals surface area (Å²) in [6.45, 7) is 10.9. The number of hydrogen-bond acceptors (Lipinski definition) is 2. The summed E-state index contributed by atoms with van der Waals surface area (Å²) in [7, 11) is 0. The van der Waals surface area contributed by atoms with Gasteiger partial charge >= 0.3 is 0 Å². The van der Waals surface area contributed by atoms with Crippen molar-refractivity contribution in [2.45, 2.75) is 59.5 Å². The van der Waals surface area contributed by atoms with E-state index in [0.29, 0.717) is 11.5 Å². The molecule has 0 aromatic carbocycles. The molecule has 0 fully saturated rings. The topological polar surface area (TPSA) is 24.9 Å². The molecule has 102 valence electrons. The highest BCUT2D eigenvalue weighted by molar-refractivity contribution is 5.10. The van der Waals surface area contributed by atoms with Gasteiger partial charge in [0.15, 0.2) is 0 Å². The molecule has 0 saturated carbocycles. The maximum atomic E-state index is 12.9. The van der Waals surface area contributed by atoms with E-state index in [4.69, 9.17) is 0 Å². The first-order valence-electron chi connectivity index (χ1n) is 6.65. The fraction of sp³-hybridized carbons (Fsp3) is 0.667. The largest absolute Gasteiger partial charge is 0.306 e. The zero-order valence-electron chi connectivity index (χ0n) is 12.1. The molecule has 0 amide bonds. The minimum absolute atomic E-state index is 0.199. The van der Waals surface area contributed by atoms with Crippen LogP contribution in [0.5, 0.6) is 0 Å². The van der Waals surface area contributed by atoms with Gasteiger partial charge in [0.05, 0.1) is 11.9 Å². The van der Waals surface area contributed by atoms with E-state index in [2.05, 4.69) is 44.9 Å². The van der Waals surface area contributed by atoms with Crippen molar-refractivity contribution >= 4 is 0 Å². The first-order chi connectivity index (χ1) is 8.28. The molecule has 0 aliphatic rings. The Labute approximate surface area is 110 Å². The van der Waals surface area contributed by atoms with Crippen LogP contribution in [-0.4, -0.2) is 11.0 Å². The molecule has 18 heavy (non-hydrogen) atoms. The van der Waals surface area contributed by atoms with Crippen LogP contribution in [0.25, 0.3) is 0 Å². The lowest BCUT2D eigenvalue weighted by Crippen LogP contribution is -2.29. The molecular weight excluding hydrogens is 227 g/mol. The van der Waals surface area contributed by atoms with Crippen molar-refractivity contribution in [3.63, 3.8) is 0 Å². The second kappa shape index (κ2) is 6.28. The zero-order valence-corrected chi connectivity index (χ0v) is 12.1. The van der Waals surface area contributed by atoms with Gasteiger partial charge in [0, 0.05) is 12.1 Å². The quantitative estimate of drug-likeness (QED) is 0.854. The Balaban J connectivity index is 2.74. The number of hydrogen-bond donors (Lipinski definition) is 1. The molecule has 0 aliphatic carbocycles. The maximum absolute atomic E-state index is 12.9. The molecule has 0 saturated heterocycles. The van der Waals surface area contributed by atoms with Crippen LogP contribution in [0.4, 0.5) is 4.39 Å². The van der Waals surface area contributed by atoms with Crippen molar-refractivity contribution in [1.82, 2.24) is 10.3 Å². The van der Waals surface area contributed by atoms with Crippen LogP contribution in [0.15, 0.2) is 18.3 Å². The SMILES string of the molecule is CC(C)NC(CCC(C)(C)C)c1ccc(F)cn1. The first-order valence-corrected chi connectivity index (χ1v) is 6.65. The molecule has 3 heteroatoms. The molecular formula is C15H25FN2. The van der Waals surface area contributed by atoms with Crippen LogP contribution in [0, 0.1) is 11.2 Å². The minimum Gasteiger partial charge on any atom is -0.306 e. The normalized spacial score (nSPS) is 13.9. The van der Waals surface area contributed by atoms with Crippen LogP contribution in [0.1, 0.15) is 59.2 Å². The second-order valence-corrected chi connectivity index (χ2v) is 6.37. The van der Waals surface area contributed by atoms with Crippen LogP contribution in [0.3, 0.4) is 0 Å². The summed E-state index contributed by atoms with van der Waals surface area (Å²) >= 11 is 0. The van der Waals surface area contributed by atoms with E-state index in [1.807, 2.05) is 0 Å². The van der Waals surface area contributed by atoms with Crippen LogP contribution in [0.2, 0.25) is 0 Å². The summed E-state index contributed by atoms with van der Waals surface area (Å²) in [5.74, 6) is -0.280. The van der Waals surface area contributed by atoms with Gasteiger partial charge in [-0.1, -0.05) is 34.6 Å². The van der Waals surface area contributed by atoms with Gasteiger partial charge in [0.1, 0.15) is 5.82 Å². The summed E-state index contributed by atoms with van der Waals surface area (Å²) in [5.41, 5.74) is 1.23. The molecule has 1 aromatic heterocycles. The van der Waals surface area contributed by atoms with Crippen molar-refractivity contribution in [3.05, 3.63) is 29.8 Å². The summed E-state index contributed by atoms with van der Waals surface area (Å²) in [6, 6.07) is 3.85. The predicted molar refractivity (Wildman–Crippen MR) is 73.9 cm³/mol. The van der Waals surface area contributed by atoms with E-state index < -0.39 is 0 Å². The van der Waals surface area contributed by atoms with Gasteiger partial charge in [-0.05, 0) is 30.4 Å². The molecule has 0 aliphatic heterocycles. The van der Waals surface area contributed by atoms with E-state index in [1.54, 1.807) is 6.07 Å². The summed E-state index contributed by atoms with van der Waals surface area (Å²) in [4.78, 5) is 4.19. The fourth-order valence-corrected chi connectivity index (χ4v) is 1.89. The first kappa shape index (κ1) is 15.1. The van der Waals surface area contributed by atoms with E-state index >= 15 is 0 Å². The molecule has 1 unspecified atom stereocenters. The molecule has 1 aromatic rings. The van der Waals surface area contributed by atoms with Crippen LogP contribution in [-0.2, 0) is 0 Å². The molecule has 1 atom stereocenters. The van der Waals surface area contributed by atoms with Gasteiger partial charge in [-0.3, -0.25) is 4.98 Å². The molecule has 1 heterocycles. The minimum atomic E-state index is -0.280. The number of rotatable bonds is 5. The van der Waals surface area contributed by atoms with Crippen molar-refractivity contribution in [2.75, 3.05) is 0 Å². The number of nitrogens with one attached hydrogen (secondary N) is 1. The van der Waals surface area contributed by atoms with Gasteiger partial charge in [-0.25, -0.2) is 4.39 Å². The molecule has 0 bridgehead atoms. The van der Waals surface area contributed by atoms with Gasteiger partial charge in [0.2, 0.25) is 0 Å². The number of pyridine rings is 1. The van der Waals surface area contributed by atoms with Gasteiger partial charge in [-0.2, -0.15) is 0 Å². The molecule has 1 rings (SSSR count). The molecule has 0 radical (unpaired) electrons. The second-order valence-electron chi connectivity index (χ2n) is 6.37. The highest BCUT2D eigenvalue weighted by atomic mass is 19.1. The predicted octanol–water partition coefficient (Wildman–Crippen LogP) is 4.09. The number of aromatic nitrogens is 1. The van der Waals surface area contributed by atoms with Gasteiger partial charge < -0.3 is 5.32 Å². The molecule has 0 spiro atoms. The van der Waals surface area contributed by atoms with E-state index in [0.717, 1.165) is 18.5 Å². The Morgan fingerprint density at radius 2 is 1.94 bits per heavy atom. The van der Waals surface area contributed by atoms with E-state index in [1.165, 1.54) is 12.3 Å². The van der Waals surface area contributed by atoms with Gasteiger partial charge in [-0.15, -0.1) is 0 Å². The maximum Gasteiger partial charge on any atom is 0.141 e. The lowest BCUT2D eigenvalue weighted by molar-refractivity contribution is 0.321. The zero-order chi connectivity index (χ0) is 13.8.